The maximum Gasteiger partial charge on any atom is 0.343 e. The molecule has 3 heteroatoms. The van der Waals surface area contributed by atoms with E-state index in [1.807, 2.05) is 36.4 Å². The van der Waals surface area contributed by atoms with Crippen molar-refractivity contribution in [3.05, 3.63) is 77.4 Å². The number of benzene rings is 3. The number of hydrogen-bond donors (Lipinski definition) is 0. The quantitative estimate of drug-likeness (QED) is 0.666. The second-order valence-corrected chi connectivity index (χ2v) is 5.28. The van der Waals surface area contributed by atoms with E-state index in [-0.39, 0.29) is 12.1 Å². The molecule has 0 spiro atoms. The lowest BCUT2D eigenvalue weighted by molar-refractivity contribution is 0.0456. The number of fused-ring (bicyclic) bond motifs is 2. The van der Waals surface area contributed by atoms with Crippen LogP contribution in [0.4, 0.5) is 0 Å². The van der Waals surface area contributed by atoms with Crippen LogP contribution < -0.4 is 4.74 Å². The lowest BCUT2D eigenvalue weighted by Crippen LogP contribution is -2.01. The number of rotatable bonds is 2. The number of cyclic esters (lactones) is 1. The lowest BCUT2D eigenvalue weighted by atomic mass is 9.94. The van der Waals surface area contributed by atoms with E-state index in [0.717, 1.165) is 21.9 Å². The Hall–Kier alpha value is -2.81. The van der Waals surface area contributed by atoms with E-state index >= 15 is 0 Å². The third-order valence-corrected chi connectivity index (χ3v) is 4.10. The average molecular weight is 290 g/mol. The molecule has 0 radical (unpaired) electrons. The van der Waals surface area contributed by atoms with E-state index in [9.17, 15) is 4.79 Å². The van der Waals surface area contributed by atoms with Gasteiger partial charge in [-0.3, -0.25) is 0 Å². The van der Waals surface area contributed by atoms with Gasteiger partial charge in [-0.2, -0.15) is 0 Å². The van der Waals surface area contributed by atoms with Crippen LogP contribution in [0.3, 0.4) is 0 Å². The number of carbonyl (C=O) groups is 1. The van der Waals surface area contributed by atoms with Gasteiger partial charge in [0.1, 0.15) is 11.3 Å². The van der Waals surface area contributed by atoms with Gasteiger partial charge in [0, 0.05) is 11.1 Å². The molecule has 0 N–H and O–H groups in total. The normalized spacial score (nSPS) is 16.4. The smallest absolute Gasteiger partial charge is 0.343 e. The van der Waals surface area contributed by atoms with Gasteiger partial charge >= 0.3 is 5.97 Å². The highest BCUT2D eigenvalue weighted by molar-refractivity contribution is 5.98. The molecule has 0 aromatic heterocycles. The first-order valence-electron chi connectivity index (χ1n) is 7.15. The Morgan fingerprint density at radius 1 is 0.909 bits per heavy atom. The molecule has 1 aliphatic rings. The van der Waals surface area contributed by atoms with Crippen LogP contribution >= 0.6 is 0 Å². The third-order valence-electron chi connectivity index (χ3n) is 4.10. The molecule has 0 fully saturated rings. The monoisotopic (exact) mass is 290 g/mol. The molecular weight excluding hydrogens is 276 g/mol. The molecule has 0 saturated carbocycles. The van der Waals surface area contributed by atoms with Crippen LogP contribution in [0.1, 0.15) is 27.6 Å². The summed E-state index contributed by atoms with van der Waals surface area (Å²) in [5, 5.41) is 2.23. The van der Waals surface area contributed by atoms with Crippen LogP contribution in [0, 0.1) is 0 Å². The minimum atomic E-state index is -0.385. The molecule has 0 aliphatic carbocycles. The van der Waals surface area contributed by atoms with E-state index < -0.39 is 0 Å². The zero-order chi connectivity index (χ0) is 15.1. The van der Waals surface area contributed by atoms with Gasteiger partial charge in [-0.15, -0.1) is 0 Å². The first kappa shape index (κ1) is 12.9. The fourth-order valence-electron chi connectivity index (χ4n) is 3.09. The summed E-state index contributed by atoms with van der Waals surface area (Å²) in [6.07, 6.45) is -0.385. The zero-order valence-electron chi connectivity index (χ0n) is 12.1. The summed E-state index contributed by atoms with van der Waals surface area (Å²) in [4.78, 5) is 12.3. The minimum Gasteiger partial charge on any atom is -0.496 e. The number of carbonyl (C=O) groups excluding carboxylic acids is 1. The summed E-state index contributed by atoms with van der Waals surface area (Å²) < 4.78 is 10.9. The number of hydrogen-bond acceptors (Lipinski definition) is 3. The van der Waals surface area contributed by atoms with Crippen LogP contribution in [0.25, 0.3) is 10.8 Å². The van der Waals surface area contributed by atoms with Crippen LogP contribution in [-0.4, -0.2) is 13.1 Å². The second-order valence-electron chi connectivity index (χ2n) is 5.28. The van der Waals surface area contributed by atoms with Gasteiger partial charge in [-0.1, -0.05) is 54.6 Å². The Balaban J connectivity index is 1.94. The van der Waals surface area contributed by atoms with Gasteiger partial charge < -0.3 is 9.47 Å². The third kappa shape index (κ3) is 1.79. The molecule has 1 heterocycles. The summed E-state index contributed by atoms with van der Waals surface area (Å²) in [6, 6.07) is 19.8. The molecule has 1 aliphatic heterocycles. The summed E-state index contributed by atoms with van der Waals surface area (Å²) >= 11 is 0. The predicted molar refractivity (Wildman–Crippen MR) is 84.2 cm³/mol. The summed E-state index contributed by atoms with van der Waals surface area (Å²) in [7, 11) is 1.56. The Kier molecular flexibility index (Phi) is 2.86. The Labute approximate surface area is 128 Å². The van der Waals surface area contributed by atoms with Crippen molar-refractivity contribution in [1.29, 1.82) is 0 Å². The van der Waals surface area contributed by atoms with Gasteiger partial charge in [0.25, 0.3) is 0 Å². The Bertz CT molecular complexity index is 877. The van der Waals surface area contributed by atoms with E-state index in [4.69, 9.17) is 9.47 Å². The summed E-state index contributed by atoms with van der Waals surface area (Å²) in [5.41, 5.74) is 2.39. The Morgan fingerprint density at radius 3 is 2.50 bits per heavy atom. The predicted octanol–water partition coefficient (Wildman–Crippen LogP) is 4.11. The number of ether oxygens (including phenoxy) is 2. The molecule has 4 rings (SSSR count). The van der Waals surface area contributed by atoms with E-state index in [0.29, 0.717) is 11.3 Å². The first-order valence-corrected chi connectivity index (χ1v) is 7.15. The molecule has 3 nitrogen and oxygen atoms in total. The van der Waals surface area contributed by atoms with Crippen molar-refractivity contribution in [2.45, 2.75) is 6.10 Å². The van der Waals surface area contributed by atoms with Crippen LogP contribution in [0.5, 0.6) is 5.75 Å². The second kappa shape index (κ2) is 4.88. The standard InChI is InChI=1S/C19H14O3/c1-21-16-11-5-10-15-17(16)19(20)22-18(15)14-9-4-7-12-6-2-3-8-13(12)14/h2-11,18H,1H3/t18-/m0/s1. The van der Waals surface area contributed by atoms with E-state index in [1.54, 1.807) is 13.2 Å². The molecule has 0 saturated heterocycles. The van der Waals surface area contributed by atoms with Crippen molar-refractivity contribution < 1.29 is 14.3 Å². The molecule has 108 valence electrons. The molecule has 0 amide bonds. The number of esters is 1. The highest BCUT2D eigenvalue weighted by Gasteiger charge is 2.35. The van der Waals surface area contributed by atoms with Crippen molar-refractivity contribution in [3.8, 4) is 5.75 Å². The topological polar surface area (TPSA) is 35.5 Å². The SMILES string of the molecule is COc1cccc2c1C(=O)O[C@H]2c1cccc2ccccc12. The van der Waals surface area contributed by atoms with Crippen molar-refractivity contribution >= 4 is 16.7 Å². The molecule has 22 heavy (non-hydrogen) atoms. The molecule has 0 unspecified atom stereocenters. The summed E-state index contributed by atoms with van der Waals surface area (Å²) in [6.45, 7) is 0. The van der Waals surface area contributed by atoms with Gasteiger partial charge in [-0.05, 0) is 16.8 Å². The zero-order valence-corrected chi connectivity index (χ0v) is 12.1. The van der Waals surface area contributed by atoms with Crippen LogP contribution in [0.15, 0.2) is 60.7 Å². The van der Waals surface area contributed by atoms with Gasteiger partial charge in [-0.25, -0.2) is 4.79 Å². The van der Waals surface area contributed by atoms with Crippen molar-refractivity contribution in [3.63, 3.8) is 0 Å². The Morgan fingerprint density at radius 2 is 1.64 bits per heavy atom. The molecule has 1 atom stereocenters. The van der Waals surface area contributed by atoms with Crippen molar-refractivity contribution in [1.82, 2.24) is 0 Å². The lowest BCUT2D eigenvalue weighted by Gasteiger charge is -2.14. The van der Waals surface area contributed by atoms with Crippen LogP contribution in [0.2, 0.25) is 0 Å². The molecule has 3 aromatic rings. The van der Waals surface area contributed by atoms with E-state index in [1.165, 1.54) is 0 Å². The van der Waals surface area contributed by atoms with Gasteiger partial charge in [0.15, 0.2) is 6.10 Å². The maximum absolute atomic E-state index is 12.3. The van der Waals surface area contributed by atoms with Crippen molar-refractivity contribution in [2.75, 3.05) is 7.11 Å². The van der Waals surface area contributed by atoms with Crippen LogP contribution in [-0.2, 0) is 4.74 Å². The largest absolute Gasteiger partial charge is 0.496 e. The number of methoxy groups -OCH3 is 1. The first-order chi connectivity index (χ1) is 10.8. The minimum absolute atomic E-state index is 0.328. The van der Waals surface area contributed by atoms with Gasteiger partial charge in [0.2, 0.25) is 0 Å². The summed E-state index contributed by atoms with van der Waals surface area (Å²) in [5.74, 6) is 0.232. The molecule has 0 bridgehead atoms. The highest BCUT2D eigenvalue weighted by Crippen LogP contribution is 2.41. The fraction of sp³-hybridized carbons (Fsp3) is 0.105. The van der Waals surface area contributed by atoms with Crippen molar-refractivity contribution in [2.24, 2.45) is 0 Å². The molecule has 3 aromatic carbocycles. The van der Waals surface area contributed by atoms with Gasteiger partial charge in [0.05, 0.1) is 7.11 Å². The molecular formula is C19H14O3. The van der Waals surface area contributed by atoms with E-state index in [2.05, 4.69) is 18.2 Å². The highest BCUT2D eigenvalue weighted by atomic mass is 16.6. The average Bonchev–Trinajstić information content (AvgIpc) is 2.91. The maximum atomic E-state index is 12.3. The fourth-order valence-corrected chi connectivity index (χ4v) is 3.09.